The van der Waals surface area contributed by atoms with Crippen LogP contribution in [0.25, 0.3) is 0 Å². The molecular weight excluding hydrogens is 698 g/mol. The van der Waals surface area contributed by atoms with Gasteiger partial charge in [-0.25, -0.2) is 9.18 Å². The van der Waals surface area contributed by atoms with E-state index in [4.69, 9.17) is 4.74 Å². The van der Waals surface area contributed by atoms with Crippen LogP contribution < -0.4 is 4.90 Å². The first-order valence-corrected chi connectivity index (χ1v) is 17.0. The fourth-order valence-electron chi connectivity index (χ4n) is 5.85. The summed E-state index contributed by atoms with van der Waals surface area (Å²) in [5.74, 6) is -0.235. The lowest BCUT2D eigenvalue weighted by molar-refractivity contribution is -0.122. The van der Waals surface area contributed by atoms with Gasteiger partial charge in [0.1, 0.15) is 18.8 Å². The number of piperazine rings is 1. The molecule has 1 saturated heterocycles. The second kappa shape index (κ2) is 14.0. The lowest BCUT2D eigenvalue weighted by atomic mass is 9.84. The Morgan fingerprint density at radius 3 is 1.89 bits per heavy atom. The summed E-state index contributed by atoms with van der Waals surface area (Å²) < 4.78 is 19.8. The fraction of sp³-hybridized carbons (Fsp3) is 0.297. The van der Waals surface area contributed by atoms with Crippen LogP contribution in [0.5, 0.6) is 0 Å². The molecule has 0 saturated carbocycles. The topological polar surface area (TPSA) is 49.9 Å². The molecule has 0 bridgehead atoms. The highest BCUT2D eigenvalue weighted by molar-refractivity contribution is 14.1. The summed E-state index contributed by atoms with van der Waals surface area (Å²) in [6.45, 7) is 7.07. The first kappa shape index (κ1) is 33.0. The number of carbonyl (C=O) groups excluding carboxylic acids is 2. The van der Waals surface area contributed by atoms with Gasteiger partial charge in [-0.2, -0.15) is 0 Å². The van der Waals surface area contributed by atoms with Crippen molar-refractivity contribution in [3.63, 3.8) is 0 Å². The van der Waals surface area contributed by atoms with Crippen LogP contribution in [0, 0.1) is 3.57 Å². The Labute approximate surface area is 283 Å². The molecule has 0 N–H and O–H groups in total. The Bertz CT molecular complexity index is 1520. The molecule has 0 radical (unpaired) electrons. The van der Waals surface area contributed by atoms with Gasteiger partial charge in [0.2, 0.25) is 5.91 Å². The molecule has 1 aliphatic rings. The summed E-state index contributed by atoms with van der Waals surface area (Å²) in [4.78, 5) is 30.7. The number of hydrogen-bond donors (Lipinski definition) is 0. The van der Waals surface area contributed by atoms with Gasteiger partial charge in [0, 0.05) is 21.1 Å². The van der Waals surface area contributed by atoms with Crippen LogP contribution in [0.3, 0.4) is 0 Å². The zero-order valence-electron chi connectivity index (χ0n) is 26.0. The van der Waals surface area contributed by atoms with E-state index in [2.05, 4.69) is 102 Å². The summed E-state index contributed by atoms with van der Waals surface area (Å²) in [6.07, 6.45) is -0.523. The van der Waals surface area contributed by atoms with Gasteiger partial charge in [-0.15, -0.1) is 11.8 Å². The number of amides is 2. The van der Waals surface area contributed by atoms with Crippen molar-refractivity contribution in [2.24, 2.45) is 0 Å². The normalized spacial score (nSPS) is 16.4. The van der Waals surface area contributed by atoms with Crippen LogP contribution in [0.15, 0.2) is 109 Å². The molecule has 4 aromatic carbocycles. The SMILES string of the molecule is CC(SC(c1ccccc1)(c1ccccc1)c1ccccc1)[C@@H]1CN(c2cc(I)cc(CF)c2)C(=O)CN1C(=O)OC(C)(C)C. The molecule has 4 aromatic rings. The van der Waals surface area contributed by atoms with E-state index >= 15 is 0 Å². The molecule has 2 atom stereocenters. The van der Waals surface area contributed by atoms with Crippen LogP contribution in [-0.4, -0.2) is 46.9 Å². The number of rotatable bonds is 8. The van der Waals surface area contributed by atoms with Gasteiger partial charge in [-0.3, -0.25) is 9.69 Å². The van der Waals surface area contributed by atoms with Crippen LogP contribution in [0.1, 0.15) is 49.9 Å². The number of ether oxygens (including phenoxy) is 1. The monoisotopic (exact) mass is 736 g/mol. The van der Waals surface area contributed by atoms with Crippen molar-refractivity contribution < 1.29 is 18.7 Å². The lowest BCUT2D eigenvalue weighted by Crippen LogP contribution is -2.62. The average molecular weight is 737 g/mol. The Morgan fingerprint density at radius 1 is 0.911 bits per heavy atom. The van der Waals surface area contributed by atoms with E-state index in [1.807, 2.05) is 45.0 Å². The maximum Gasteiger partial charge on any atom is 0.411 e. The molecule has 1 heterocycles. The van der Waals surface area contributed by atoms with E-state index in [1.165, 1.54) is 0 Å². The first-order valence-electron chi connectivity index (χ1n) is 15.0. The van der Waals surface area contributed by atoms with Gasteiger partial charge in [0.15, 0.2) is 0 Å². The third-order valence-electron chi connectivity index (χ3n) is 7.86. The number of thioether (sulfide) groups is 1. The number of benzene rings is 4. The van der Waals surface area contributed by atoms with Gasteiger partial charge >= 0.3 is 6.09 Å². The maximum absolute atomic E-state index is 13.8. The van der Waals surface area contributed by atoms with E-state index < -0.39 is 29.2 Å². The molecule has 1 unspecified atom stereocenters. The summed E-state index contributed by atoms with van der Waals surface area (Å²) in [6, 6.07) is 36.2. The second-order valence-electron chi connectivity index (χ2n) is 12.2. The molecule has 2 amide bonds. The molecule has 5 nitrogen and oxygen atoms in total. The minimum Gasteiger partial charge on any atom is -0.444 e. The summed E-state index contributed by atoms with van der Waals surface area (Å²) >= 11 is 3.91. The van der Waals surface area contributed by atoms with Crippen LogP contribution in [-0.2, 0) is 21.0 Å². The maximum atomic E-state index is 13.8. The van der Waals surface area contributed by atoms with Crippen LogP contribution in [0.4, 0.5) is 14.9 Å². The minimum atomic E-state index is -0.731. The highest BCUT2D eigenvalue weighted by atomic mass is 127. The van der Waals surface area contributed by atoms with Crippen molar-refractivity contribution in [2.45, 2.75) is 56.0 Å². The van der Waals surface area contributed by atoms with E-state index in [0.29, 0.717) is 11.3 Å². The molecule has 1 aliphatic heterocycles. The minimum absolute atomic E-state index is 0.143. The highest BCUT2D eigenvalue weighted by Gasteiger charge is 2.45. The number of carbonyl (C=O) groups is 2. The molecule has 234 valence electrons. The van der Waals surface area contributed by atoms with Crippen LogP contribution in [0.2, 0.25) is 0 Å². The Morgan fingerprint density at radius 2 is 1.42 bits per heavy atom. The standard InChI is InChI=1S/C37H38FIN2O3S/c1-26(45-37(28-14-8-5-9-15-28,29-16-10-6-11-17-29)30-18-12-7-13-19-30)33-24-40(32-21-27(23-38)20-31(39)22-32)34(42)25-41(33)35(43)44-36(2,3)4/h5-22,26,33H,23-25H2,1-4H3/t26?,33-/m0/s1. The van der Waals surface area contributed by atoms with Gasteiger partial charge in [-0.1, -0.05) is 97.9 Å². The molecule has 0 spiro atoms. The van der Waals surface area contributed by atoms with Crippen molar-refractivity contribution >= 4 is 52.0 Å². The van der Waals surface area contributed by atoms with E-state index in [1.54, 1.807) is 33.7 Å². The van der Waals surface area contributed by atoms with Crippen molar-refractivity contribution in [2.75, 3.05) is 18.0 Å². The first-order chi connectivity index (χ1) is 21.5. The molecule has 5 rings (SSSR count). The predicted molar refractivity (Wildman–Crippen MR) is 189 cm³/mol. The van der Waals surface area contributed by atoms with E-state index in [0.717, 1.165) is 20.3 Å². The summed E-state index contributed by atoms with van der Waals surface area (Å²) in [7, 11) is 0. The number of anilines is 1. The fourth-order valence-corrected chi connectivity index (χ4v) is 8.34. The molecule has 1 fully saturated rings. The lowest BCUT2D eigenvalue weighted by Gasteiger charge is -2.46. The Kier molecular flexibility index (Phi) is 10.2. The van der Waals surface area contributed by atoms with Gasteiger partial charge in [-0.05, 0) is 83.8 Å². The van der Waals surface area contributed by atoms with Crippen molar-refractivity contribution in [1.82, 2.24) is 4.90 Å². The molecule has 0 aliphatic carbocycles. The third kappa shape index (κ3) is 7.38. The number of alkyl halides is 1. The third-order valence-corrected chi connectivity index (χ3v) is 10.2. The number of halogens is 2. The summed E-state index contributed by atoms with van der Waals surface area (Å²) in [5.41, 5.74) is 3.73. The van der Waals surface area contributed by atoms with Gasteiger partial charge in [0.05, 0.1) is 10.8 Å². The smallest absolute Gasteiger partial charge is 0.411 e. The number of hydrogen-bond acceptors (Lipinski definition) is 4. The average Bonchev–Trinajstić information content (AvgIpc) is 3.03. The largest absolute Gasteiger partial charge is 0.444 e. The Balaban J connectivity index is 1.62. The van der Waals surface area contributed by atoms with Crippen molar-refractivity contribution in [3.05, 3.63) is 135 Å². The van der Waals surface area contributed by atoms with E-state index in [-0.39, 0.29) is 24.2 Å². The Hall–Kier alpha value is -3.37. The quantitative estimate of drug-likeness (QED) is 0.134. The second-order valence-corrected chi connectivity index (χ2v) is 15.1. The van der Waals surface area contributed by atoms with Crippen molar-refractivity contribution in [1.29, 1.82) is 0 Å². The van der Waals surface area contributed by atoms with Crippen molar-refractivity contribution in [3.8, 4) is 0 Å². The molecule has 8 heteroatoms. The molecule has 45 heavy (non-hydrogen) atoms. The predicted octanol–water partition coefficient (Wildman–Crippen LogP) is 8.83. The molecular formula is C37H38FIN2O3S. The highest BCUT2D eigenvalue weighted by Crippen LogP contribution is 2.51. The zero-order valence-corrected chi connectivity index (χ0v) is 28.9. The van der Waals surface area contributed by atoms with Crippen LogP contribution >= 0.6 is 34.4 Å². The van der Waals surface area contributed by atoms with Gasteiger partial charge < -0.3 is 9.64 Å². The summed E-state index contributed by atoms with van der Waals surface area (Å²) in [5, 5.41) is -0.183. The van der Waals surface area contributed by atoms with Gasteiger partial charge in [0.25, 0.3) is 0 Å². The molecule has 0 aromatic heterocycles. The zero-order chi connectivity index (χ0) is 32.2. The van der Waals surface area contributed by atoms with E-state index in [9.17, 15) is 14.0 Å². The number of nitrogens with zero attached hydrogens (tertiary/aromatic N) is 2.